The fraction of sp³-hybridized carbons (Fsp3) is 0.273. The fourth-order valence-electron chi connectivity index (χ4n) is 4.26. The van der Waals surface area contributed by atoms with E-state index in [1.807, 2.05) is 68.4 Å². The Bertz CT molecular complexity index is 977. The van der Waals surface area contributed by atoms with Crippen LogP contribution in [0.1, 0.15) is 19.4 Å². The number of aliphatic carboxylic acids is 1. The molecule has 144 valence electrons. The van der Waals surface area contributed by atoms with Gasteiger partial charge in [0, 0.05) is 5.41 Å². The predicted molar refractivity (Wildman–Crippen MR) is 114 cm³/mol. The SMILES string of the molecule is CC1(C)[C@](Cc2cccc(Oc3ccccc3)c2)(C(=O)O)[C@]1(C#N)C=C(Br)Br. The molecule has 0 unspecified atom stereocenters. The van der Waals surface area contributed by atoms with Crippen LogP contribution in [0, 0.1) is 27.6 Å². The Kier molecular flexibility index (Phi) is 5.44. The van der Waals surface area contributed by atoms with E-state index in [1.165, 1.54) is 0 Å². The second-order valence-corrected chi connectivity index (χ2v) is 10.2. The number of benzene rings is 2. The highest BCUT2D eigenvalue weighted by Gasteiger charge is 2.86. The summed E-state index contributed by atoms with van der Waals surface area (Å²) in [4.78, 5) is 12.4. The summed E-state index contributed by atoms with van der Waals surface area (Å²) in [6.07, 6.45) is 1.88. The molecule has 0 heterocycles. The number of carbonyl (C=O) groups is 1. The molecule has 2 aromatic carbocycles. The van der Waals surface area contributed by atoms with Crippen molar-refractivity contribution in [1.29, 1.82) is 5.26 Å². The van der Waals surface area contributed by atoms with Crippen molar-refractivity contribution in [2.24, 2.45) is 16.2 Å². The van der Waals surface area contributed by atoms with Crippen LogP contribution in [0.15, 0.2) is 64.1 Å². The zero-order valence-corrected chi connectivity index (χ0v) is 18.6. The minimum absolute atomic E-state index is 0.221. The molecule has 1 saturated carbocycles. The van der Waals surface area contributed by atoms with E-state index in [9.17, 15) is 15.2 Å². The molecule has 4 nitrogen and oxygen atoms in total. The topological polar surface area (TPSA) is 70.3 Å². The normalized spacial score (nSPS) is 24.7. The van der Waals surface area contributed by atoms with Gasteiger partial charge in [-0.3, -0.25) is 4.79 Å². The van der Waals surface area contributed by atoms with Gasteiger partial charge in [0.25, 0.3) is 0 Å². The highest BCUT2D eigenvalue weighted by Crippen LogP contribution is 2.80. The largest absolute Gasteiger partial charge is 0.481 e. The molecule has 0 amide bonds. The molecule has 6 heteroatoms. The first kappa shape index (κ1) is 20.6. The molecule has 1 N–H and O–H groups in total. The van der Waals surface area contributed by atoms with Gasteiger partial charge in [0.05, 0.1) is 9.46 Å². The third-order valence-corrected chi connectivity index (χ3v) is 6.34. The quantitative estimate of drug-likeness (QED) is 0.503. The second kappa shape index (κ2) is 7.38. The molecule has 1 aliphatic carbocycles. The number of halogens is 2. The van der Waals surface area contributed by atoms with E-state index in [0.717, 1.165) is 5.56 Å². The van der Waals surface area contributed by atoms with Crippen LogP contribution in [0.25, 0.3) is 0 Å². The summed E-state index contributed by atoms with van der Waals surface area (Å²) in [6, 6.07) is 19.0. The van der Waals surface area contributed by atoms with Crippen molar-refractivity contribution in [3.63, 3.8) is 0 Å². The molecule has 3 rings (SSSR count). The van der Waals surface area contributed by atoms with E-state index in [1.54, 1.807) is 6.08 Å². The third kappa shape index (κ3) is 3.07. The van der Waals surface area contributed by atoms with E-state index in [-0.39, 0.29) is 6.42 Å². The molecule has 0 aliphatic heterocycles. The zero-order chi connectivity index (χ0) is 20.6. The van der Waals surface area contributed by atoms with Crippen LogP contribution in [-0.2, 0) is 11.2 Å². The minimum atomic E-state index is -1.24. The summed E-state index contributed by atoms with van der Waals surface area (Å²) < 4.78 is 6.44. The van der Waals surface area contributed by atoms with Crippen molar-refractivity contribution in [1.82, 2.24) is 0 Å². The highest BCUT2D eigenvalue weighted by molar-refractivity contribution is 9.28. The van der Waals surface area contributed by atoms with Crippen LogP contribution in [0.4, 0.5) is 0 Å². The number of nitrogens with zero attached hydrogens (tertiary/aromatic N) is 1. The number of para-hydroxylation sites is 1. The first-order valence-electron chi connectivity index (χ1n) is 8.70. The number of hydrogen-bond acceptors (Lipinski definition) is 3. The van der Waals surface area contributed by atoms with Gasteiger partial charge in [0.2, 0.25) is 0 Å². The number of rotatable bonds is 6. The number of carboxylic acids is 1. The fourth-order valence-corrected chi connectivity index (χ4v) is 4.94. The molecule has 1 aliphatic rings. The summed E-state index contributed by atoms with van der Waals surface area (Å²) in [6.45, 7) is 3.65. The molecule has 0 saturated heterocycles. The van der Waals surface area contributed by atoms with Crippen LogP contribution in [0.2, 0.25) is 0 Å². The molecule has 2 atom stereocenters. The van der Waals surface area contributed by atoms with Gasteiger partial charge in [-0.25, -0.2) is 0 Å². The maximum absolute atomic E-state index is 12.4. The van der Waals surface area contributed by atoms with E-state index < -0.39 is 22.2 Å². The van der Waals surface area contributed by atoms with Gasteiger partial charge in [0.15, 0.2) is 0 Å². The van der Waals surface area contributed by atoms with Gasteiger partial charge in [-0.1, -0.05) is 44.2 Å². The van der Waals surface area contributed by atoms with E-state index >= 15 is 0 Å². The standard InChI is InChI=1S/C22H19Br2NO3/c1-20(2)21(14-25,13-18(23)24)22(20,19(26)27)12-15-7-6-10-17(11-15)28-16-8-4-3-5-9-16/h3-11,13H,12H2,1-2H3,(H,26,27)/t21-,22-/m0/s1. The molecular formula is C22H19Br2NO3. The summed E-state index contributed by atoms with van der Waals surface area (Å²) in [5.74, 6) is 0.352. The summed E-state index contributed by atoms with van der Waals surface area (Å²) in [5, 5.41) is 20.1. The predicted octanol–water partition coefficient (Wildman–Crippen LogP) is 6.27. The average molecular weight is 505 g/mol. The summed E-state index contributed by atoms with van der Waals surface area (Å²) >= 11 is 6.58. The Balaban J connectivity index is 1.97. The lowest BCUT2D eigenvalue weighted by Crippen LogP contribution is -2.26. The van der Waals surface area contributed by atoms with Gasteiger partial charge in [-0.05, 0) is 74.2 Å². The number of hydrogen-bond donors (Lipinski definition) is 1. The molecule has 0 bridgehead atoms. The number of carboxylic acid groups (broad SMARTS) is 1. The Morgan fingerprint density at radius 2 is 1.79 bits per heavy atom. The molecular weight excluding hydrogens is 486 g/mol. The van der Waals surface area contributed by atoms with E-state index in [0.29, 0.717) is 14.9 Å². The van der Waals surface area contributed by atoms with Crippen molar-refractivity contribution >= 4 is 37.8 Å². The van der Waals surface area contributed by atoms with Crippen LogP contribution < -0.4 is 4.74 Å². The van der Waals surface area contributed by atoms with Crippen LogP contribution in [0.3, 0.4) is 0 Å². The lowest BCUT2D eigenvalue weighted by molar-refractivity contribution is -0.145. The average Bonchev–Trinajstić information content (AvgIpc) is 3.05. The van der Waals surface area contributed by atoms with Crippen molar-refractivity contribution in [2.45, 2.75) is 20.3 Å². The van der Waals surface area contributed by atoms with Gasteiger partial charge < -0.3 is 9.84 Å². The lowest BCUT2D eigenvalue weighted by Gasteiger charge is -2.17. The van der Waals surface area contributed by atoms with E-state index in [4.69, 9.17) is 4.74 Å². The Morgan fingerprint density at radius 1 is 1.14 bits per heavy atom. The van der Waals surface area contributed by atoms with Crippen molar-refractivity contribution in [2.75, 3.05) is 0 Å². The lowest BCUT2D eigenvalue weighted by atomic mass is 9.86. The van der Waals surface area contributed by atoms with Crippen molar-refractivity contribution in [3.8, 4) is 17.6 Å². The van der Waals surface area contributed by atoms with Gasteiger partial charge in [-0.15, -0.1) is 0 Å². The van der Waals surface area contributed by atoms with Gasteiger partial charge in [-0.2, -0.15) is 5.26 Å². The van der Waals surface area contributed by atoms with Gasteiger partial charge >= 0.3 is 5.97 Å². The maximum Gasteiger partial charge on any atom is 0.312 e. The molecule has 28 heavy (non-hydrogen) atoms. The molecule has 2 aromatic rings. The molecule has 0 spiro atoms. The van der Waals surface area contributed by atoms with Crippen LogP contribution in [-0.4, -0.2) is 11.1 Å². The van der Waals surface area contributed by atoms with E-state index in [2.05, 4.69) is 37.9 Å². The Labute approximate surface area is 181 Å². The number of allylic oxidation sites excluding steroid dienone is 1. The number of ether oxygens (including phenoxy) is 1. The number of nitriles is 1. The first-order chi connectivity index (χ1) is 13.2. The smallest absolute Gasteiger partial charge is 0.312 e. The first-order valence-corrected chi connectivity index (χ1v) is 10.3. The maximum atomic E-state index is 12.4. The Hall–Kier alpha value is -2.10. The zero-order valence-electron chi connectivity index (χ0n) is 15.4. The van der Waals surface area contributed by atoms with Crippen LogP contribution >= 0.6 is 31.9 Å². The van der Waals surface area contributed by atoms with Crippen LogP contribution in [0.5, 0.6) is 11.5 Å². The summed E-state index contributed by atoms with van der Waals surface area (Å²) in [7, 11) is 0. The second-order valence-electron chi connectivity index (χ2n) is 7.43. The molecule has 0 radical (unpaired) electrons. The third-order valence-electron chi connectivity index (χ3n) is 5.88. The van der Waals surface area contributed by atoms with Crippen molar-refractivity contribution < 1.29 is 14.6 Å². The monoisotopic (exact) mass is 503 g/mol. The minimum Gasteiger partial charge on any atom is -0.481 e. The summed E-state index contributed by atoms with van der Waals surface area (Å²) in [5.41, 5.74) is -2.32. The van der Waals surface area contributed by atoms with Gasteiger partial charge in [0.1, 0.15) is 22.3 Å². The van der Waals surface area contributed by atoms with Crippen molar-refractivity contribution in [3.05, 3.63) is 69.6 Å². The Morgan fingerprint density at radius 3 is 2.36 bits per heavy atom. The molecule has 1 fully saturated rings. The molecule has 0 aromatic heterocycles. The highest BCUT2D eigenvalue weighted by atomic mass is 79.9.